The first kappa shape index (κ1) is 8.55. The van der Waals surface area contributed by atoms with E-state index >= 15 is 0 Å². The summed E-state index contributed by atoms with van der Waals surface area (Å²) in [6.45, 7) is 0. The number of hydrogen-bond acceptors (Lipinski definition) is 1. The number of carbonyl (C=O) groups is 1. The fourth-order valence-corrected chi connectivity index (χ4v) is 5.06. The molecule has 0 amide bonds. The van der Waals surface area contributed by atoms with Gasteiger partial charge in [-0.3, -0.25) is 4.79 Å². The molecular formula is C14H18O. The molecule has 0 saturated heterocycles. The zero-order chi connectivity index (χ0) is 9.99. The summed E-state index contributed by atoms with van der Waals surface area (Å²) in [5.74, 6) is 4.02. The Hall–Kier alpha value is -0.590. The molecule has 0 bridgehead atoms. The standard InChI is InChI=1S/C14H18O/c15-12-5-4-9-7-10-6-8-2-1-3-11(8)13(10)14(9)12/h8,10-11,13H,1-7H2/t8-,10-,11-,13+/m0/s1. The maximum Gasteiger partial charge on any atom is 0.159 e. The molecule has 1 nitrogen and oxygen atoms in total. The van der Waals surface area contributed by atoms with Crippen LogP contribution in [0.5, 0.6) is 0 Å². The molecule has 4 aliphatic rings. The van der Waals surface area contributed by atoms with E-state index in [9.17, 15) is 4.79 Å². The minimum Gasteiger partial charge on any atom is -0.295 e. The van der Waals surface area contributed by atoms with Gasteiger partial charge < -0.3 is 0 Å². The van der Waals surface area contributed by atoms with E-state index in [0.717, 1.165) is 36.5 Å². The molecule has 0 aromatic carbocycles. The van der Waals surface area contributed by atoms with Gasteiger partial charge in [0.2, 0.25) is 0 Å². The molecule has 1 heteroatoms. The average Bonchev–Trinajstić information content (AvgIpc) is 2.85. The molecule has 2 saturated carbocycles. The summed E-state index contributed by atoms with van der Waals surface area (Å²) in [4.78, 5) is 11.9. The molecule has 0 aliphatic heterocycles. The highest BCUT2D eigenvalue weighted by atomic mass is 16.1. The molecule has 15 heavy (non-hydrogen) atoms. The Bertz CT molecular complexity index is 366. The van der Waals surface area contributed by atoms with E-state index in [1.807, 2.05) is 0 Å². The summed E-state index contributed by atoms with van der Waals surface area (Å²) in [5.41, 5.74) is 2.91. The number of hydrogen-bond donors (Lipinski definition) is 0. The van der Waals surface area contributed by atoms with Crippen LogP contribution in [0.15, 0.2) is 11.1 Å². The first-order chi connectivity index (χ1) is 7.34. The molecule has 2 fully saturated rings. The van der Waals surface area contributed by atoms with Crippen LogP contribution >= 0.6 is 0 Å². The van der Waals surface area contributed by atoms with Gasteiger partial charge in [0.05, 0.1) is 0 Å². The van der Waals surface area contributed by atoms with E-state index < -0.39 is 0 Å². The smallest absolute Gasteiger partial charge is 0.159 e. The molecule has 0 unspecified atom stereocenters. The molecule has 4 aliphatic carbocycles. The SMILES string of the molecule is O=C1CCC2=C1[C@@H]1[C@H](C2)C[C@@H]2CCC[C@@H]21. The van der Waals surface area contributed by atoms with E-state index in [-0.39, 0.29) is 0 Å². The fraction of sp³-hybridized carbons (Fsp3) is 0.786. The van der Waals surface area contributed by atoms with Gasteiger partial charge in [0.25, 0.3) is 0 Å². The van der Waals surface area contributed by atoms with E-state index in [2.05, 4.69) is 0 Å². The second-order valence-electron chi connectivity index (χ2n) is 6.02. The number of carbonyl (C=O) groups excluding carboxylic acids is 1. The van der Waals surface area contributed by atoms with Crippen LogP contribution in [0.25, 0.3) is 0 Å². The van der Waals surface area contributed by atoms with Crippen LogP contribution in [0.3, 0.4) is 0 Å². The average molecular weight is 202 g/mol. The van der Waals surface area contributed by atoms with Crippen LogP contribution in [-0.2, 0) is 4.79 Å². The van der Waals surface area contributed by atoms with Crippen LogP contribution in [0, 0.1) is 23.7 Å². The summed E-state index contributed by atoms with van der Waals surface area (Å²) < 4.78 is 0. The van der Waals surface area contributed by atoms with E-state index in [0.29, 0.717) is 5.78 Å². The second kappa shape index (κ2) is 2.75. The number of allylic oxidation sites excluding steroid dienone is 2. The first-order valence-electron chi connectivity index (χ1n) is 6.59. The molecule has 80 valence electrons. The van der Waals surface area contributed by atoms with Crippen LogP contribution in [0.4, 0.5) is 0 Å². The number of rotatable bonds is 0. The van der Waals surface area contributed by atoms with Crippen molar-refractivity contribution in [3.8, 4) is 0 Å². The summed E-state index contributed by atoms with van der Waals surface area (Å²) in [5, 5.41) is 0. The lowest BCUT2D eigenvalue weighted by molar-refractivity contribution is -0.115. The minimum atomic E-state index is 0.519. The molecule has 0 aromatic rings. The van der Waals surface area contributed by atoms with Gasteiger partial charge in [-0.2, -0.15) is 0 Å². The molecule has 0 radical (unpaired) electrons. The molecule has 4 rings (SSSR count). The van der Waals surface area contributed by atoms with Crippen molar-refractivity contribution in [1.82, 2.24) is 0 Å². The van der Waals surface area contributed by atoms with Gasteiger partial charge in [-0.15, -0.1) is 0 Å². The Morgan fingerprint density at radius 1 is 1.07 bits per heavy atom. The van der Waals surface area contributed by atoms with Crippen LogP contribution in [0.2, 0.25) is 0 Å². The highest BCUT2D eigenvalue weighted by Gasteiger charge is 2.52. The largest absolute Gasteiger partial charge is 0.295 e. The highest BCUT2D eigenvalue weighted by Crippen LogP contribution is 2.60. The monoisotopic (exact) mass is 202 g/mol. The van der Waals surface area contributed by atoms with Crippen molar-refractivity contribution in [2.75, 3.05) is 0 Å². The Balaban J connectivity index is 1.75. The normalized spacial score (nSPS) is 47.3. The van der Waals surface area contributed by atoms with Crippen molar-refractivity contribution < 1.29 is 4.79 Å². The van der Waals surface area contributed by atoms with Crippen molar-refractivity contribution in [3.05, 3.63) is 11.1 Å². The van der Waals surface area contributed by atoms with Gasteiger partial charge in [-0.1, -0.05) is 18.4 Å². The molecular weight excluding hydrogens is 184 g/mol. The lowest BCUT2D eigenvalue weighted by Gasteiger charge is -2.19. The van der Waals surface area contributed by atoms with Crippen molar-refractivity contribution in [2.45, 2.75) is 44.9 Å². The van der Waals surface area contributed by atoms with Gasteiger partial charge >= 0.3 is 0 Å². The van der Waals surface area contributed by atoms with Gasteiger partial charge in [0.1, 0.15) is 0 Å². The summed E-state index contributed by atoms with van der Waals surface area (Å²) in [6, 6.07) is 0. The number of ketones is 1. The van der Waals surface area contributed by atoms with E-state index in [4.69, 9.17) is 0 Å². The van der Waals surface area contributed by atoms with Crippen LogP contribution in [0.1, 0.15) is 44.9 Å². The van der Waals surface area contributed by atoms with Crippen LogP contribution < -0.4 is 0 Å². The van der Waals surface area contributed by atoms with E-state index in [1.54, 1.807) is 5.57 Å². The predicted octanol–water partition coefficient (Wildman–Crippen LogP) is 3.10. The lowest BCUT2D eigenvalue weighted by atomic mass is 9.84. The maximum absolute atomic E-state index is 11.9. The van der Waals surface area contributed by atoms with Crippen molar-refractivity contribution in [1.29, 1.82) is 0 Å². The summed E-state index contributed by atoms with van der Waals surface area (Å²) in [7, 11) is 0. The topological polar surface area (TPSA) is 17.1 Å². The Morgan fingerprint density at radius 2 is 2.00 bits per heavy atom. The molecule has 0 spiro atoms. The predicted molar refractivity (Wildman–Crippen MR) is 58.3 cm³/mol. The Kier molecular flexibility index (Phi) is 1.57. The van der Waals surface area contributed by atoms with Gasteiger partial charge in [-0.25, -0.2) is 0 Å². The summed E-state index contributed by atoms with van der Waals surface area (Å²) in [6.07, 6.45) is 8.97. The quantitative estimate of drug-likeness (QED) is 0.590. The van der Waals surface area contributed by atoms with Crippen molar-refractivity contribution in [3.63, 3.8) is 0 Å². The van der Waals surface area contributed by atoms with Gasteiger partial charge in [0, 0.05) is 6.42 Å². The molecule has 0 heterocycles. The van der Waals surface area contributed by atoms with Crippen molar-refractivity contribution in [2.24, 2.45) is 23.7 Å². The fourth-order valence-electron chi connectivity index (χ4n) is 5.06. The third-order valence-corrected chi connectivity index (χ3v) is 5.47. The molecule has 0 aromatic heterocycles. The van der Waals surface area contributed by atoms with Gasteiger partial charge in [-0.05, 0) is 54.9 Å². The Morgan fingerprint density at radius 3 is 2.93 bits per heavy atom. The zero-order valence-corrected chi connectivity index (χ0v) is 9.17. The van der Waals surface area contributed by atoms with Crippen molar-refractivity contribution >= 4 is 5.78 Å². The zero-order valence-electron chi connectivity index (χ0n) is 9.17. The number of Topliss-reactive ketones (excluding diaryl/α,β-unsaturated/α-hetero) is 1. The third-order valence-electron chi connectivity index (χ3n) is 5.47. The Labute approximate surface area is 90.9 Å². The molecule has 4 atom stereocenters. The van der Waals surface area contributed by atoms with E-state index in [1.165, 1.54) is 37.7 Å². The number of fused-ring (bicyclic) bond motifs is 4. The highest BCUT2D eigenvalue weighted by molar-refractivity contribution is 6.00. The summed E-state index contributed by atoms with van der Waals surface area (Å²) >= 11 is 0. The maximum atomic E-state index is 11.9. The first-order valence-corrected chi connectivity index (χ1v) is 6.59. The van der Waals surface area contributed by atoms with Crippen LogP contribution in [-0.4, -0.2) is 5.78 Å². The third kappa shape index (κ3) is 0.971. The lowest BCUT2D eigenvalue weighted by Crippen LogP contribution is -2.17. The second-order valence-corrected chi connectivity index (χ2v) is 6.02. The molecule has 0 N–H and O–H groups in total. The van der Waals surface area contributed by atoms with Gasteiger partial charge in [0.15, 0.2) is 5.78 Å². The minimum absolute atomic E-state index is 0.519.